The Morgan fingerprint density at radius 3 is 2.33 bits per heavy atom. The number of rotatable bonds is 15. The molecule has 0 saturated heterocycles. The molecule has 0 aromatic heterocycles. The second-order valence-corrected chi connectivity index (χ2v) is 12.2. The summed E-state index contributed by atoms with van der Waals surface area (Å²) < 4.78 is 32.2. The molecule has 11 nitrogen and oxygen atoms in total. The van der Waals surface area contributed by atoms with Gasteiger partial charge in [-0.3, -0.25) is 24.0 Å². The van der Waals surface area contributed by atoms with E-state index in [4.69, 9.17) is 4.74 Å². The summed E-state index contributed by atoms with van der Waals surface area (Å²) in [6, 6.07) is 19.3. The lowest BCUT2D eigenvalue weighted by Crippen LogP contribution is -2.53. The minimum absolute atomic E-state index is 0.0306. The van der Waals surface area contributed by atoms with Crippen molar-refractivity contribution in [1.82, 2.24) is 10.2 Å². The minimum Gasteiger partial charge on any atom is -0.495 e. The van der Waals surface area contributed by atoms with E-state index in [9.17, 15) is 28.1 Å². The molecule has 1 N–H and O–H groups in total. The third-order valence-corrected chi connectivity index (χ3v) is 7.98. The van der Waals surface area contributed by atoms with Crippen LogP contribution in [0.25, 0.3) is 0 Å². The van der Waals surface area contributed by atoms with Crippen molar-refractivity contribution in [2.45, 2.75) is 45.7 Å². The van der Waals surface area contributed by atoms with E-state index in [2.05, 4.69) is 5.32 Å². The van der Waals surface area contributed by atoms with Crippen LogP contribution in [-0.2, 0) is 32.6 Å². The first-order valence-corrected chi connectivity index (χ1v) is 15.8. The summed E-state index contributed by atoms with van der Waals surface area (Å²) in [5.41, 5.74) is 2.00. The Bertz CT molecular complexity index is 1530. The van der Waals surface area contributed by atoms with E-state index in [1.807, 2.05) is 68.4 Å². The smallest absolute Gasteiger partial charge is 0.271 e. The van der Waals surface area contributed by atoms with Crippen LogP contribution in [0, 0.1) is 17.0 Å². The van der Waals surface area contributed by atoms with Crippen LogP contribution in [0.2, 0.25) is 0 Å². The number of carbonyl (C=O) groups is 2. The van der Waals surface area contributed by atoms with Crippen molar-refractivity contribution in [3.8, 4) is 5.75 Å². The van der Waals surface area contributed by atoms with Gasteiger partial charge in [-0.2, -0.15) is 0 Å². The number of ether oxygens (including phenoxy) is 1. The molecule has 0 saturated carbocycles. The number of hydrogen-bond donors (Lipinski definition) is 1. The standard InChI is InChI=1S/C31H38N4O7S/c1-5-6-17-32-31(37)28(19-24-12-8-7-9-13-24)33(21-25-14-10-11-23(2)18-25)30(36)22-34(43(4,40)41)27-20-26(35(38)39)15-16-29(27)42-3/h7-16,18,20,28H,5-6,17,19,21-22H2,1-4H3,(H,32,37)/t28-/m1/s1. The summed E-state index contributed by atoms with van der Waals surface area (Å²) in [6.07, 6.45) is 2.71. The van der Waals surface area contributed by atoms with E-state index in [1.54, 1.807) is 0 Å². The molecule has 0 fully saturated rings. The number of hydrogen-bond acceptors (Lipinski definition) is 7. The van der Waals surface area contributed by atoms with E-state index in [-0.39, 0.29) is 36.0 Å². The van der Waals surface area contributed by atoms with Gasteiger partial charge >= 0.3 is 0 Å². The zero-order valence-corrected chi connectivity index (χ0v) is 25.7. The number of methoxy groups -OCH3 is 1. The Balaban J connectivity index is 2.11. The van der Waals surface area contributed by atoms with E-state index in [0.717, 1.165) is 46.2 Å². The Labute approximate surface area is 252 Å². The quantitative estimate of drug-likeness (QED) is 0.154. The van der Waals surface area contributed by atoms with Gasteiger partial charge in [-0.1, -0.05) is 73.5 Å². The predicted octanol–water partition coefficient (Wildman–Crippen LogP) is 4.23. The first-order chi connectivity index (χ1) is 20.4. The second-order valence-electron chi connectivity index (χ2n) is 10.2. The van der Waals surface area contributed by atoms with Gasteiger partial charge < -0.3 is 15.0 Å². The van der Waals surface area contributed by atoms with E-state index in [0.29, 0.717) is 6.54 Å². The molecule has 12 heteroatoms. The first kappa shape index (κ1) is 33.1. The number of non-ortho nitro benzene ring substituents is 1. The van der Waals surface area contributed by atoms with Crippen LogP contribution in [0.4, 0.5) is 11.4 Å². The molecule has 0 radical (unpaired) electrons. The summed E-state index contributed by atoms with van der Waals surface area (Å²) in [6.45, 7) is 3.66. The SMILES string of the molecule is CCCCNC(=O)[C@@H](Cc1ccccc1)N(Cc1cccc(C)c1)C(=O)CN(c1cc([N+](=O)[O-])ccc1OC)S(C)(=O)=O. The van der Waals surface area contributed by atoms with Crippen LogP contribution < -0.4 is 14.4 Å². The maximum absolute atomic E-state index is 14.2. The van der Waals surface area contributed by atoms with Crippen molar-refractivity contribution in [3.63, 3.8) is 0 Å². The number of amides is 2. The van der Waals surface area contributed by atoms with Gasteiger partial charge in [-0.15, -0.1) is 0 Å². The Morgan fingerprint density at radius 1 is 1.02 bits per heavy atom. The van der Waals surface area contributed by atoms with Gasteiger partial charge in [0.2, 0.25) is 21.8 Å². The number of aryl methyl sites for hydroxylation is 1. The fourth-order valence-corrected chi connectivity index (χ4v) is 5.49. The Kier molecular flexibility index (Phi) is 11.6. The number of nitrogens with one attached hydrogen (secondary N) is 1. The fourth-order valence-electron chi connectivity index (χ4n) is 4.65. The van der Waals surface area contributed by atoms with Crippen LogP contribution in [-0.4, -0.2) is 62.6 Å². The van der Waals surface area contributed by atoms with Crippen LogP contribution in [0.5, 0.6) is 5.75 Å². The maximum atomic E-state index is 14.2. The molecule has 3 aromatic carbocycles. The average molecular weight is 611 g/mol. The molecule has 0 aliphatic heterocycles. The van der Waals surface area contributed by atoms with Gasteiger partial charge in [0.25, 0.3) is 5.69 Å². The number of nitro groups is 1. The van der Waals surface area contributed by atoms with Crippen LogP contribution in [0.3, 0.4) is 0 Å². The molecule has 3 aromatic rings. The monoisotopic (exact) mass is 610 g/mol. The molecule has 2 amide bonds. The molecule has 230 valence electrons. The normalized spacial score (nSPS) is 11.8. The highest BCUT2D eigenvalue weighted by Gasteiger charge is 2.34. The molecule has 0 bridgehead atoms. The third-order valence-electron chi connectivity index (χ3n) is 6.86. The van der Waals surface area contributed by atoms with Crippen molar-refractivity contribution in [1.29, 1.82) is 0 Å². The highest BCUT2D eigenvalue weighted by Crippen LogP contribution is 2.34. The minimum atomic E-state index is -4.14. The molecule has 3 rings (SSSR count). The summed E-state index contributed by atoms with van der Waals surface area (Å²) >= 11 is 0. The maximum Gasteiger partial charge on any atom is 0.271 e. The van der Waals surface area contributed by atoms with E-state index < -0.39 is 33.4 Å². The van der Waals surface area contributed by atoms with Gasteiger partial charge in [0, 0.05) is 31.6 Å². The third kappa shape index (κ3) is 9.27. The molecule has 0 aliphatic carbocycles. The van der Waals surface area contributed by atoms with Crippen molar-refractivity contribution >= 4 is 33.2 Å². The summed E-state index contributed by atoms with van der Waals surface area (Å²) in [5, 5.41) is 14.4. The molecule has 0 spiro atoms. The van der Waals surface area contributed by atoms with Crippen LogP contribution >= 0.6 is 0 Å². The van der Waals surface area contributed by atoms with E-state index >= 15 is 0 Å². The van der Waals surface area contributed by atoms with Crippen molar-refractivity contribution in [2.75, 3.05) is 30.8 Å². The van der Waals surface area contributed by atoms with Crippen molar-refractivity contribution < 1.29 is 27.7 Å². The summed E-state index contributed by atoms with van der Waals surface area (Å²) in [5.74, 6) is -0.989. The summed E-state index contributed by atoms with van der Waals surface area (Å²) in [4.78, 5) is 40.1. The fraction of sp³-hybridized carbons (Fsp3) is 0.355. The summed E-state index contributed by atoms with van der Waals surface area (Å²) in [7, 11) is -2.84. The van der Waals surface area contributed by atoms with Gasteiger partial charge in [0.05, 0.1) is 18.3 Å². The van der Waals surface area contributed by atoms with E-state index in [1.165, 1.54) is 24.1 Å². The number of benzene rings is 3. The molecule has 1 atom stereocenters. The van der Waals surface area contributed by atoms with Crippen molar-refractivity contribution in [3.05, 3.63) is 99.6 Å². The molecule has 0 heterocycles. The molecular formula is C31H38N4O7S. The zero-order chi connectivity index (χ0) is 31.6. The lowest BCUT2D eigenvalue weighted by Gasteiger charge is -2.33. The molecule has 43 heavy (non-hydrogen) atoms. The van der Waals surface area contributed by atoms with Gasteiger partial charge in [0.1, 0.15) is 24.0 Å². The van der Waals surface area contributed by atoms with Gasteiger partial charge in [0.15, 0.2) is 0 Å². The lowest BCUT2D eigenvalue weighted by atomic mass is 10.0. The van der Waals surface area contributed by atoms with Gasteiger partial charge in [-0.05, 0) is 30.5 Å². The highest BCUT2D eigenvalue weighted by molar-refractivity contribution is 7.92. The second kappa shape index (κ2) is 15.1. The largest absolute Gasteiger partial charge is 0.495 e. The lowest BCUT2D eigenvalue weighted by molar-refractivity contribution is -0.384. The number of nitro benzene ring substituents is 1. The van der Waals surface area contributed by atoms with Crippen LogP contribution in [0.1, 0.15) is 36.5 Å². The molecular weight excluding hydrogens is 572 g/mol. The Hall–Kier alpha value is -4.45. The first-order valence-electron chi connectivity index (χ1n) is 13.9. The molecule has 0 aliphatic rings. The Morgan fingerprint density at radius 2 is 1.72 bits per heavy atom. The van der Waals surface area contributed by atoms with Crippen molar-refractivity contribution in [2.24, 2.45) is 0 Å². The predicted molar refractivity (Wildman–Crippen MR) is 165 cm³/mol. The van der Waals surface area contributed by atoms with Gasteiger partial charge in [-0.25, -0.2) is 8.42 Å². The number of sulfonamides is 1. The highest BCUT2D eigenvalue weighted by atomic mass is 32.2. The topological polar surface area (TPSA) is 139 Å². The zero-order valence-electron chi connectivity index (χ0n) is 24.9. The molecule has 0 unspecified atom stereocenters. The van der Waals surface area contributed by atoms with Crippen LogP contribution in [0.15, 0.2) is 72.8 Å². The number of unbranched alkanes of at least 4 members (excludes halogenated alkanes) is 1. The average Bonchev–Trinajstić information content (AvgIpc) is 2.97. The number of carbonyl (C=O) groups excluding carboxylic acids is 2. The number of nitrogens with zero attached hydrogens (tertiary/aromatic N) is 3. The number of anilines is 1.